The minimum atomic E-state index is -1.53. The standard InChI is InChI=1S/C23H31FN8O4/c1-13(2)26-23(33)36-17-12-35-21(20(17)24)16-8-18(30-29-16)28-22-25-6-4-19-27-14(10-32(19)22)9-31-7-5-15(31)11-34-3/h4,6,8,10,13,15,17,20-21H,5,7,9,11-12H2,1-3H3,(H,26,33)(H2,25,28,29,30)/t15?,17-,20-,21-/m0/s1. The number of nitrogens with one attached hydrogen (secondary N) is 3. The highest BCUT2D eigenvalue weighted by Crippen LogP contribution is 2.33. The molecular formula is C23H31FN8O4. The number of likely N-dealkylation sites (tertiary alicyclic amines) is 1. The Balaban J connectivity index is 1.24. The van der Waals surface area contributed by atoms with E-state index < -0.39 is 24.5 Å². The molecule has 5 rings (SSSR count). The Bertz CT molecular complexity index is 1200. The van der Waals surface area contributed by atoms with E-state index >= 15 is 0 Å². The number of fused-ring (bicyclic) bond motifs is 1. The molecular weight excluding hydrogens is 471 g/mol. The van der Waals surface area contributed by atoms with Crippen LogP contribution in [0.3, 0.4) is 0 Å². The number of ether oxygens (including phenoxy) is 3. The molecule has 5 heterocycles. The molecule has 2 fully saturated rings. The van der Waals surface area contributed by atoms with Gasteiger partial charge in [0.25, 0.3) is 0 Å². The van der Waals surface area contributed by atoms with Gasteiger partial charge in [0, 0.05) is 50.7 Å². The first-order valence-corrected chi connectivity index (χ1v) is 12.0. The summed E-state index contributed by atoms with van der Waals surface area (Å²) in [5, 5.41) is 12.8. The molecule has 0 spiro atoms. The number of carbonyl (C=O) groups excluding carboxylic acids is 1. The van der Waals surface area contributed by atoms with Gasteiger partial charge in [-0.15, -0.1) is 0 Å². The zero-order valence-electron chi connectivity index (χ0n) is 20.5. The van der Waals surface area contributed by atoms with Crippen molar-refractivity contribution >= 4 is 23.5 Å². The Labute approximate surface area is 207 Å². The molecule has 194 valence electrons. The van der Waals surface area contributed by atoms with Crippen LogP contribution < -0.4 is 10.6 Å². The topological polar surface area (TPSA) is 131 Å². The summed E-state index contributed by atoms with van der Waals surface area (Å²) >= 11 is 0. The van der Waals surface area contributed by atoms with Crippen molar-refractivity contribution in [3.8, 4) is 0 Å². The van der Waals surface area contributed by atoms with E-state index in [0.717, 1.165) is 30.9 Å². The monoisotopic (exact) mass is 502 g/mol. The maximum atomic E-state index is 15.0. The molecule has 3 aromatic heterocycles. The van der Waals surface area contributed by atoms with Crippen molar-refractivity contribution in [2.45, 2.75) is 57.3 Å². The van der Waals surface area contributed by atoms with Crippen LogP contribution >= 0.6 is 0 Å². The molecule has 0 aromatic carbocycles. The van der Waals surface area contributed by atoms with Crippen molar-refractivity contribution in [3.05, 3.63) is 35.9 Å². The summed E-state index contributed by atoms with van der Waals surface area (Å²) in [5.74, 6) is 0.970. The average Bonchev–Trinajstić information content (AvgIpc) is 3.54. The van der Waals surface area contributed by atoms with Gasteiger partial charge < -0.3 is 24.8 Å². The van der Waals surface area contributed by atoms with Gasteiger partial charge in [-0.25, -0.2) is 19.2 Å². The Kier molecular flexibility index (Phi) is 7.03. The highest BCUT2D eigenvalue weighted by molar-refractivity contribution is 5.67. The van der Waals surface area contributed by atoms with Gasteiger partial charge in [0.1, 0.15) is 11.8 Å². The number of carbonyl (C=O) groups is 1. The van der Waals surface area contributed by atoms with Gasteiger partial charge >= 0.3 is 6.09 Å². The predicted molar refractivity (Wildman–Crippen MR) is 128 cm³/mol. The second-order valence-corrected chi connectivity index (χ2v) is 9.37. The van der Waals surface area contributed by atoms with Gasteiger partial charge in [0.2, 0.25) is 5.95 Å². The summed E-state index contributed by atoms with van der Waals surface area (Å²) in [4.78, 5) is 23.3. The van der Waals surface area contributed by atoms with Crippen LogP contribution in [0.15, 0.2) is 24.5 Å². The van der Waals surface area contributed by atoms with Crippen molar-refractivity contribution in [3.63, 3.8) is 0 Å². The number of hydrogen-bond acceptors (Lipinski definition) is 9. The molecule has 3 aromatic rings. The Hall–Kier alpha value is -3.29. The Morgan fingerprint density at radius 3 is 3.03 bits per heavy atom. The normalized spacial score (nSPS) is 24.2. The lowest BCUT2D eigenvalue weighted by atomic mass is 10.0. The first-order chi connectivity index (χ1) is 17.4. The summed E-state index contributed by atoms with van der Waals surface area (Å²) in [6, 6.07) is 3.80. The van der Waals surface area contributed by atoms with Crippen molar-refractivity contribution in [1.29, 1.82) is 0 Å². The third kappa shape index (κ3) is 5.13. The van der Waals surface area contributed by atoms with Crippen LogP contribution in [0.25, 0.3) is 5.65 Å². The average molecular weight is 503 g/mol. The lowest BCUT2D eigenvalue weighted by Gasteiger charge is -2.40. The largest absolute Gasteiger partial charge is 0.441 e. The zero-order chi connectivity index (χ0) is 25.2. The molecule has 2 aliphatic heterocycles. The maximum Gasteiger partial charge on any atom is 0.407 e. The number of methoxy groups -OCH3 is 1. The number of halogens is 1. The fourth-order valence-electron chi connectivity index (χ4n) is 4.44. The Morgan fingerprint density at radius 1 is 1.42 bits per heavy atom. The number of alkyl halides is 1. The first kappa shape index (κ1) is 24.4. The number of nitrogens with zero attached hydrogens (tertiary/aromatic N) is 5. The number of hydrogen-bond donors (Lipinski definition) is 3. The van der Waals surface area contributed by atoms with Crippen LogP contribution in [0.1, 0.15) is 37.8 Å². The number of aromatic amines is 1. The molecule has 3 N–H and O–H groups in total. The van der Waals surface area contributed by atoms with E-state index in [2.05, 4.69) is 30.7 Å². The zero-order valence-corrected chi connectivity index (χ0v) is 20.5. The second-order valence-electron chi connectivity index (χ2n) is 9.37. The van der Waals surface area contributed by atoms with E-state index in [-0.39, 0.29) is 12.6 Å². The summed E-state index contributed by atoms with van der Waals surface area (Å²) in [6.45, 7) is 6.02. The van der Waals surface area contributed by atoms with Gasteiger partial charge in [-0.05, 0) is 26.3 Å². The van der Waals surface area contributed by atoms with E-state index in [0.29, 0.717) is 30.1 Å². The molecule has 36 heavy (non-hydrogen) atoms. The molecule has 12 nitrogen and oxygen atoms in total. The van der Waals surface area contributed by atoms with E-state index in [1.54, 1.807) is 33.2 Å². The van der Waals surface area contributed by atoms with Crippen molar-refractivity contribution < 1.29 is 23.4 Å². The molecule has 0 aliphatic carbocycles. The summed E-state index contributed by atoms with van der Waals surface area (Å²) < 4.78 is 32.8. The van der Waals surface area contributed by atoms with Gasteiger partial charge in [0.15, 0.2) is 18.1 Å². The number of imidazole rings is 1. The Morgan fingerprint density at radius 2 is 2.28 bits per heavy atom. The number of alkyl carbamates (subject to hydrolysis) is 1. The highest BCUT2D eigenvalue weighted by Gasteiger charge is 2.42. The third-order valence-electron chi connectivity index (χ3n) is 6.32. The van der Waals surface area contributed by atoms with Crippen LogP contribution in [0.5, 0.6) is 0 Å². The number of anilines is 2. The van der Waals surface area contributed by atoms with Crippen molar-refractivity contribution in [2.75, 3.05) is 32.2 Å². The minimum absolute atomic E-state index is 0.0416. The van der Waals surface area contributed by atoms with Crippen LogP contribution in [0.2, 0.25) is 0 Å². The first-order valence-electron chi connectivity index (χ1n) is 12.0. The van der Waals surface area contributed by atoms with Gasteiger partial charge in [-0.2, -0.15) is 5.10 Å². The van der Waals surface area contributed by atoms with Gasteiger partial charge in [-0.1, -0.05) is 0 Å². The number of rotatable bonds is 9. The predicted octanol–water partition coefficient (Wildman–Crippen LogP) is 2.33. The molecule has 1 amide bonds. The molecule has 0 bridgehead atoms. The lowest BCUT2D eigenvalue weighted by Crippen LogP contribution is -2.49. The van der Waals surface area contributed by atoms with Gasteiger partial charge in [0.05, 0.1) is 24.6 Å². The third-order valence-corrected chi connectivity index (χ3v) is 6.32. The van der Waals surface area contributed by atoms with Gasteiger partial charge in [-0.3, -0.25) is 14.4 Å². The quantitative estimate of drug-likeness (QED) is 0.403. The summed E-state index contributed by atoms with van der Waals surface area (Å²) in [5.41, 5.74) is 2.12. The molecule has 2 saturated heterocycles. The maximum absolute atomic E-state index is 15.0. The highest BCUT2D eigenvalue weighted by atomic mass is 19.1. The van der Waals surface area contributed by atoms with E-state index in [9.17, 15) is 9.18 Å². The number of aromatic nitrogens is 5. The summed E-state index contributed by atoms with van der Waals surface area (Å²) in [7, 11) is 1.72. The van der Waals surface area contributed by atoms with E-state index in [4.69, 9.17) is 19.2 Å². The van der Waals surface area contributed by atoms with Crippen LogP contribution in [-0.2, 0) is 20.8 Å². The van der Waals surface area contributed by atoms with Crippen molar-refractivity contribution in [2.24, 2.45) is 0 Å². The van der Waals surface area contributed by atoms with E-state index in [1.807, 2.05) is 16.7 Å². The minimum Gasteiger partial charge on any atom is -0.441 e. The van der Waals surface area contributed by atoms with E-state index in [1.165, 1.54) is 0 Å². The smallest absolute Gasteiger partial charge is 0.407 e. The molecule has 1 unspecified atom stereocenters. The second kappa shape index (κ2) is 10.4. The molecule has 0 saturated carbocycles. The fraction of sp³-hybridized carbons (Fsp3) is 0.565. The van der Waals surface area contributed by atoms with Crippen LogP contribution in [0, 0.1) is 0 Å². The summed E-state index contributed by atoms with van der Waals surface area (Å²) in [6.07, 6.45) is 0.616. The number of amides is 1. The number of H-pyrrole nitrogens is 1. The molecule has 13 heteroatoms. The van der Waals surface area contributed by atoms with Crippen LogP contribution in [-0.4, -0.2) is 86.8 Å². The van der Waals surface area contributed by atoms with Crippen molar-refractivity contribution in [1.82, 2.24) is 34.8 Å². The lowest BCUT2D eigenvalue weighted by molar-refractivity contribution is 0.0171. The fourth-order valence-corrected chi connectivity index (χ4v) is 4.44. The van der Waals surface area contributed by atoms with Crippen LogP contribution in [0.4, 0.5) is 21.0 Å². The molecule has 2 aliphatic rings. The molecule has 4 atom stereocenters. The molecule has 0 radical (unpaired) electrons. The SMILES string of the molecule is COCC1CCN1Cc1cn2c(Nc3cc([C@@H]4OC[C@H](OC(=O)NC(C)C)[C@@H]4F)[nH]n3)nccc2n1.